The Balaban J connectivity index is 2.95. The van der Waals surface area contributed by atoms with Crippen LogP contribution in [0.5, 0.6) is 0 Å². The molecule has 0 saturated carbocycles. The summed E-state index contributed by atoms with van der Waals surface area (Å²) in [5.74, 6) is -2.96. The van der Waals surface area contributed by atoms with Crippen molar-refractivity contribution in [1.82, 2.24) is 10.6 Å². The largest absolute Gasteiger partial charge is 0.480 e. The minimum absolute atomic E-state index is 0.0539. The molecule has 0 aliphatic carbocycles. The van der Waals surface area contributed by atoms with Gasteiger partial charge in [-0.2, -0.15) is 0 Å². The molecule has 1 rings (SSSR count). The van der Waals surface area contributed by atoms with Crippen LogP contribution in [-0.2, 0) is 35.2 Å². The molecule has 2 amide bonds. The Morgan fingerprint density at radius 1 is 0.941 bits per heavy atom. The first-order valence-electron chi connectivity index (χ1n) is 11.0. The lowest BCUT2D eigenvalue weighted by Crippen LogP contribution is -2.56. The summed E-state index contributed by atoms with van der Waals surface area (Å²) in [6.45, 7) is 11.7. The number of carboxylic acid groups (broad SMARTS) is 1. The van der Waals surface area contributed by atoms with E-state index >= 15 is 0 Å². The predicted octanol–water partition coefficient (Wildman–Crippen LogP) is 2.79. The van der Waals surface area contributed by atoms with Crippen molar-refractivity contribution >= 4 is 23.9 Å². The number of esters is 1. The second-order valence-electron chi connectivity index (χ2n) is 9.81. The summed E-state index contributed by atoms with van der Waals surface area (Å²) >= 11 is 0. The smallest absolute Gasteiger partial charge is 0.408 e. The summed E-state index contributed by atoms with van der Waals surface area (Å²) in [6, 6.07) is 6.04. The number of nitrogens with one attached hydrogen (secondary N) is 2. The molecule has 1 aromatic carbocycles. The summed E-state index contributed by atoms with van der Waals surface area (Å²) in [7, 11) is 0. The lowest BCUT2D eigenvalue weighted by atomic mass is 10.1. The van der Waals surface area contributed by atoms with E-state index in [9.17, 15) is 24.3 Å². The molecule has 0 radical (unpaired) electrons. The van der Waals surface area contributed by atoms with Gasteiger partial charge in [0.15, 0.2) is 6.04 Å². The van der Waals surface area contributed by atoms with E-state index in [0.717, 1.165) is 5.56 Å². The van der Waals surface area contributed by atoms with Gasteiger partial charge in [-0.1, -0.05) is 30.3 Å². The lowest BCUT2D eigenvalue weighted by molar-refractivity contribution is -0.156. The van der Waals surface area contributed by atoms with E-state index < -0.39 is 59.7 Å². The molecular weight excluding hydrogens is 444 g/mol. The molecule has 0 aliphatic rings. The van der Waals surface area contributed by atoms with Crippen LogP contribution in [-0.4, -0.2) is 58.4 Å². The fourth-order valence-electron chi connectivity index (χ4n) is 2.93. The van der Waals surface area contributed by atoms with Crippen LogP contribution in [0.2, 0.25) is 0 Å². The Morgan fingerprint density at radius 3 is 2.03 bits per heavy atom. The summed E-state index contributed by atoms with van der Waals surface area (Å²) in [5.41, 5.74) is -0.748. The number of ether oxygens (including phenoxy) is 3. The normalized spacial score (nSPS) is 14.3. The van der Waals surface area contributed by atoms with E-state index in [1.807, 2.05) is 6.07 Å². The van der Waals surface area contributed by atoms with Crippen molar-refractivity contribution in [2.75, 3.05) is 0 Å². The number of carboxylic acids is 1. The maximum Gasteiger partial charge on any atom is 0.408 e. The predicted molar refractivity (Wildman–Crippen MR) is 124 cm³/mol. The SMILES string of the molecule is C[C@@H](OC(C)(C)C)[C@H](NC(=O)[C@H](CC(=O)OC(C)(C)C)NC(=O)OCc1ccccc1)C(=O)O. The third-order valence-corrected chi connectivity index (χ3v) is 4.18. The molecule has 3 atom stereocenters. The number of amides is 2. The van der Waals surface area contributed by atoms with E-state index in [1.165, 1.54) is 6.92 Å². The highest BCUT2D eigenvalue weighted by molar-refractivity contribution is 5.92. The fraction of sp³-hybridized carbons (Fsp3) is 0.583. The molecule has 0 aromatic heterocycles. The van der Waals surface area contributed by atoms with Crippen LogP contribution in [0.25, 0.3) is 0 Å². The van der Waals surface area contributed by atoms with Crippen LogP contribution in [0, 0.1) is 0 Å². The van der Waals surface area contributed by atoms with E-state index in [4.69, 9.17) is 14.2 Å². The zero-order chi connectivity index (χ0) is 26.1. The Hall–Kier alpha value is -3.14. The third-order valence-electron chi connectivity index (χ3n) is 4.18. The molecule has 0 bridgehead atoms. The van der Waals surface area contributed by atoms with Crippen molar-refractivity contribution in [2.45, 2.75) is 90.9 Å². The molecule has 0 saturated heterocycles. The number of hydrogen-bond donors (Lipinski definition) is 3. The lowest BCUT2D eigenvalue weighted by Gasteiger charge is -2.30. The Bertz CT molecular complexity index is 843. The highest BCUT2D eigenvalue weighted by Gasteiger charge is 2.34. The highest BCUT2D eigenvalue weighted by Crippen LogP contribution is 2.14. The van der Waals surface area contributed by atoms with E-state index in [0.29, 0.717) is 0 Å². The molecule has 0 heterocycles. The van der Waals surface area contributed by atoms with Crippen LogP contribution in [0.4, 0.5) is 4.79 Å². The van der Waals surface area contributed by atoms with Gasteiger partial charge in [0.05, 0.1) is 18.1 Å². The van der Waals surface area contributed by atoms with Gasteiger partial charge in [0.1, 0.15) is 18.2 Å². The maximum atomic E-state index is 12.9. The molecule has 34 heavy (non-hydrogen) atoms. The van der Waals surface area contributed by atoms with Gasteiger partial charge >= 0.3 is 18.0 Å². The topological polar surface area (TPSA) is 140 Å². The Labute approximate surface area is 200 Å². The van der Waals surface area contributed by atoms with Gasteiger partial charge in [0.2, 0.25) is 5.91 Å². The van der Waals surface area contributed by atoms with Gasteiger partial charge in [-0.05, 0) is 54.0 Å². The van der Waals surface area contributed by atoms with Gasteiger partial charge in [-0.15, -0.1) is 0 Å². The third kappa shape index (κ3) is 11.6. The van der Waals surface area contributed by atoms with Crippen LogP contribution in [0.1, 0.15) is 60.5 Å². The number of alkyl carbamates (subject to hydrolysis) is 1. The zero-order valence-electron chi connectivity index (χ0n) is 20.8. The van der Waals surface area contributed by atoms with Crippen molar-refractivity contribution in [3.05, 3.63) is 35.9 Å². The summed E-state index contributed by atoms with van der Waals surface area (Å²) in [6.07, 6.45) is -2.36. The molecule has 0 fully saturated rings. The molecular formula is C24H36N2O8. The number of carbonyl (C=O) groups is 4. The van der Waals surface area contributed by atoms with Crippen LogP contribution in [0.3, 0.4) is 0 Å². The van der Waals surface area contributed by atoms with Crippen LogP contribution < -0.4 is 10.6 Å². The van der Waals surface area contributed by atoms with Gasteiger partial charge in [-0.25, -0.2) is 9.59 Å². The highest BCUT2D eigenvalue weighted by atomic mass is 16.6. The number of benzene rings is 1. The van der Waals surface area contributed by atoms with Gasteiger partial charge in [0, 0.05) is 0 Å². The minimum Gasteiger partial charge on any atom is -0.480 e. The number of hydrogen-bond acceptors (Lipinski definition) is 7. The summed E-state index contributed by atoms with van der Waals surface area (Å²) < 4.78 is 16.0. The van der Waals surface area contributed by atoms with Gasteiger partial charge < -0.3 is 30.0 Å². The number of carbonyl (C=O) groups excluding carboxylic acids is 3. The average Bonchev–Trinajstić information content (AvgIpc) is 2.67. The molecule has 10 heteroatoms. The number of rotatable bonds is 10. The van der Waals surface area contributed by atoms with Crippen molar-refractivity contribution < 1.29 is 38.5 Å². The number of aliphatic carboxylic acids is 1. The quantitative estimate of drug-likeness (QED) is 0.434. The van der Waals surface area contributed by atoms with E-state index in [2.05, 4.69) is 10.6 Å². The average molecular weight is 481 g/mol. The van der Waals surface area contributed by atoms with Gasteiger partial charge in [-0.3, -0.25) is 9.59 Å². The zero-order valence-corrected chi connectivity index (χ0v) is 20.8. The van der Waals surface area contributed by atoms with Crippen molar-refractivity contribution in [3.63, 3.8) is 0 Å². The fourth-order valence-corrected chi connectivity index (χ4v) is 2.93. The van der Waals surface area contributed by atoms with Crippen molar-refractivity contribution in [1.29, 1.82) is 0 Å². The van der Waals surface area contributed by atoms with Crippen molar-refractivity contribution in [3.8, 4) is 0 Å². The Kier molecular flexibility index (Phi) is 10.5. The molecule has 0 aliphatic heterocycles. The summed E-state index contributed by atoms with van der Waals surface area (Å²) in [5, 5.41) is 14.3. The molecule has 0 spiro atoms. The monoisotopic (exact) mass is 480 g/mol. The van der Waals surface area contributed by atoms with E-state index in [-0.39, 0.29) is 6.61 Å². The second kappa shape index (κ2) is 12.4. The first-order chi connectivity index (χ1) is 15.6. The maximum absolute atomic E-state index is 12.9. The van der Waals surface area contributed by atoms with Crippen LogP contribution in [0.15, 0.2) is 30.3 Å². The van der Waals surface area contributed by atoms with Crippen molar-refractivity contribution in [2.24, 2.45) is 0 Å². The van der Waals surface area contributed by atoms with Gasteiger partial charge in [0.25, 0.3) is 0 Å². The van der Waals surface area contributed by atoms with E-state index in [1.54, 1.807) is 65.8 Å². The minimum atomic E-state index is -1.43. The second-order valence-corrected chi connectivity index (χ2v) is 9.81. The molecule has 0 unspecified atom stereocenters. The van der Waals surface area contributed by atoms with Crippen LogP contribution >= 0.6 is 0 Å². The first kappa shape index (κ1) is 28.9. The summed E-state index contributed by atoms with van der Waals surface area (Å²) in [4.78, 5) is 49.4. The molecule has 1 aromatic rings. The molecule has 190 valence electrons. The standard InChI is InChI=1S/C24H36N2O8/c1-15(33-23(2,3)4)19(21(29)30)26-20(28)17(13-18(27)34-24(5,6)7)25-22(31)32-14-16-11-9-8-10-12-16/h8-12,15,17,19H,13-14H2,1-7H3,(H,25,31)(H,26,28)(H,29,30)/t15-,17+,19+/m1/s1. The molecule has 10 nitrogen and oxygen atoms in total. The molecule has 3 N–H and O–H groups in total. The Morgan fingerprint density at radius 2 is 1.53 bits per heavy atom. The first-order valence-corrected chi connectivity index (χ1v) is 11.0.